The molecule has 1 saturated heterocycles. The lowest BCUT2D eigenvalue weighted by atomic mass is 9.99. The average molecular weight is 852 g/mol. The van der Waals surface area contributed by atoms with Crippen LogP contribution in [0.3, 0.4) is 0 Å². The van der Waals surface area contributed by atoms with Crippen LogP contribution in [0.15, 0.2) is 24.3 Å². The molecule has 6 N–H and O–H groups in total. The molecule has 9 nitrogen and oxygen atoms in total. The lowest BCUT2D eigenvalue weighted by molar-refractivity contribution is -0.302. The first-order valence-corrected chi connectivity index (χ1v) is 25.6. The summed E-state index contributed by atoms with van der Waals surface area (Å²) in [6.45, 7) is 3.81. The van der Waals surface area contributed by atoms with Gasteiger partial charge in [-0.05, 0) is 38.5 Å². The Labute approximate surface area is 369 Å². The third kappa shape index (κ3) is 31.5. The zero-order chi connectivity index (χ0) is 43.7. The molecule has 60 heavy (non-hydrogen) atoms. The van der Waals surface area contributed by atoms with E-state index in [0.29, 0.717) is 12.8 Å². The second-order valence-electron chi connectivity index (χ2n) is 18.0. The van der Waals surface area contributed by atoms with E-state index in [0.717, 1.165) is 57.8 Å². The van der Waals surface area contributed by atoms with Crippen molar-refractivity contribution in [1.82, 2.24) is 5.32 Å². The number of carbonyl (C=O) groups is 1. The summed E-state index contributed by atoms with van der Waals surface area (Å²) in [4.78, 5) is 13.0. The summed E-state index contributed by atoms with van der Waals surface area (Å²) >= 11 is 0. The fourth-order valence-corrected chi connectivity index (χ4v) is 8.21. The molecule has 1 amide bonds. The van der Waals surface area contributed by atoms with Crippen LogP contribution in [0.25, 0.3) is 0 Å². The maximum absolute atomic E-state index is 13.0. The van der Waals surface area contributed by atoms with Gasteiger partial charge in [-0.1, -0.05) is 218 Å². The Bertz CT molecular complexity index is 992. The number of allylic oxidation sites excluding steroid dienone is 4. The average Bonchev–Trinajstić information content (AvgIpc) is 3.25. The van der Waals surface area contributed by atoms with Crippen molar-refractivity contribution in [2.45, 2.75) is 281 Å². The van der Waals surface area contributed by atoms with Crippen LogP contribution in [0, 0.1) is 0 Å². The molecule has 0 aliphatic carbocycles. The molecule has 1 aliphatic heterocycles. The minimum atomic E-state index is -1.55. The van der Waals surface area contributed by atoms with E-state index in [1.54, 1.807) is 0 Å². The molecule has 1 fully saturated rings. The zero-order valence-electron chi connectivity index (χ0n) is 39.0. The maximum Gasteiger partial charge on any atom is 0.220 e. The number of hydrogen-bond donors (Lipinski definition) is 6. The highest BCUT2D eigenvalue weighted by Gasteiger charge is 2.44. The molecule has 0 bridgehead atoms. The third-order valence-corrected chi connectivity index (χ3v) is 12.3. The van der Waals surface area contributed by atoms with Crippen LogP contribution in [0.5, 0.6) is 0 Å². The van der Waals surface area contributed by atoms with Gasteiger partial charge in [-0.3, -0.25) is 4.79 Å². The summed E-state index contributed by atoms with van der Waals surface area (Å²) in [6, 6.07) is -0.723. The van der Waals surface area contributed by atoms with E-state index in [2.05, 4.69) is 43.5 Å². The van der Waals surface area contributed by atoms with Crippen molar-refractivity contribution in [1.29, 1.82) is 0 Å². The summed E-state index contributed by atoms with van der Waals surface area (Å²) < 4.78 is 11.3. The van der Waals surface area contributed by atoms with Crippen LogP contribution in [0.2, 0.25) is 0 Å². The van der Waals surface area contributed by atoms with E-state index < -0.39 is 49.5 Å². The van der Waals surface area contributed by atoms with Crippen molar-refractivity contribution in [3.8, 4) is 0 Å². The summed E-state index contributed by atoms with van der Waals surface area (Å²) in [5.74, 6) is -0.154. The van der Waals surface area contributed by atoms with Crippen LogP contribution in [0.4, 0.5) is 0 Å². The lowest BCUT2D eigenvalue weighted by Crippen LogP contribution is -2.60. The highest BCUT2D eigenvalue weighted by atomic mass is 16.7. The first-order chi connectivity index (χ1) is 29.3. The standard InChI is InChI=1S/C51H97NO8/c1-3-5-7-9-11-13-15-17-19-20-21-22-23-24-25-27-28-30-32-34-36-38-40-45(54)44(43-59-51-50(58)49(57)48(56)46(42-53)60-51)52-47(55)41-39-37-35-33-31-29-26-18-16-14-12-10-8-6-4-2/h12,14,16,18,44-46,48-51,53-54,56-58H,3-11,13,15,17,19-43H2,1-2H3,(H,52,55)/b14-12-,18-16-. The van der Waals surface area contributed by atoms with Gasteiger partial charge in [0.1, 0.15) is 24.4 Å². The van der Waals surface area contributed by atoms with E-state index in [-0.39, 0.29) is 12.5 Å². The molecule has 1 aliphatic rings. The molecule has 0 radical (unpaired) electrons. The molecule has 0 spiro atoms. The summed E-state index contributed by atoms with van der Waals surface area (Å²) in [7, 11) is 0. The molecule has 354 valence electrons. The van der Waals surface area contributed by atoms with Crippen LogP contribution >= 0.6 is 0 Å². The lowest BCUT2D eigenvalue weighted by Gasteiger charge is -2.40. The second-order valence-corrected chi connectivity index (χ2v) is 18.0. The Morgan fingerprint density at radius 2 is 0.967 bits per heavy atom. The zero-order valence-corrected chi connectivity index (χ0v) is 39.0. The maximum atomic E-state index is 13.0. The smallest absolute Gasteiger partial charge is 0.220 e. The van der Waals surface area contributed by atoms with E-state index >= 15 is 0 Å². The van der Waals surface area contributed by atoms with Gasteiger partial charge in [0.2, 0.25) is 5.91 Å². The number of nitrogens with one attached hydrogen (secondary N) is 1. The Hall–Kier alpha value is -1.33. The highest BCUT2D eigenvalue weighted by molar-refractivity contribution is 5.76. The van der Waals surface area contributed by atoms with E-state index in [1.807, 2.05) is 0 Å². The normalized spacial score (nSPS) is 20.7. The first kappa shape index (κ1) is 56.7. The number of amides is 1. The topological polar surface area (TPSA) is 149 Å². The van der Waals surface area contributed by atoms with Crippen LogP contribution in [-0.4, -0.2) is 87.5 Å². The monoisotopic (exact) mass is 852 g/mol. The van der Waals surface area contributed by atoms with Gasteiger partial charge >= 0.3 is 0 Å². The molecular formula is C51H97NO8. The van der Waals surface area contributed by atoms with E-state index in [4.69, 9.17) is 9.47 Å². The summed E-state index contributed by atoms with van der Waals surface area (Å²) in [5.41, 5.74) is 0. The molecule has 9 heteroatoms. The molecule has 0 aromatic rings. The van der Waals surface area contributed by atoms with Crippen LogP contribution in [-0.2, 0) is 14.3 Å². The summed E-state index contributed by atoms with van der Waals surface area (Å²) in [5, 5.41) is 54.5. The van der Waals surface area contributed by atoms with Crippen molar-refractivity contribution >= 4 is 5.91 Å². The molecular weight excluding hydrogens is 755 g/mol. The number of aliphatic hydroxyl groups excluding tert-OH is 5. The first-order valence-electron chi connectivity index (χ1n) is 25.6. The number of ether oxygens (including phenoxy) is 2. The van der Waals surface area contributed by atoms with Gasteiger partial charge in [0.15, 0.2) is 6.29 Å². The van der Waals surface area contributed by atoms with Gasteiger partial charge in [0.25, 0.3) is 0 Å². The highest BCUT2D eigenvalue weighted by Crippen LogP contribution is 2.23. The van der Waals surface area contributed by atoms with E-state index in [9.17, 15) is 30.3 Å². The van der Waals surface area contributed by atoms with Crippen molar-refractivity contribution < 1.29 is 39.8 Å². The fraction of sp³-hybridized carbons (Fsp3) is 0.902. The Kier molecular flexibility index (Phi) is 39.4. The van der Waals surface area contributed by atoms with E-state index in [1.165, 1.54) is 154 Å². The van der Waals surface area contributed by atoms with Crippen LogP contribution in [0.1, 0.15) is 239 Å². The number of carbonyl (C=O) groups excluding carboxylic acids is 1. The van der Waals surface area contributed by atoms with Gasteiger partial charge in [-0.15, -0.1) is 0 Å². The molecule has 1 rings (SSSR count). The van der Waals surface area contributed by atoms with Gasteiger partial charge in [0.05, 0.1) is 25.4 Å². The quantitative estimate of drug-likeness (QED) is 0.0262. The number of rotatable bonds is 43. The molecule has 7 atom stereocenters. The SMILES string of the molecule is CCCCC/C=C\C=C/CCCCCCCCC(=O)NC(COC1OC(CO)C(O)C(O)C1O)C(O)CCCCCCCCCCCCCCCCCCCCCCCC. The van der Waals surface area contributed by atoms with Crippen molar-refractivity contribution in [3.05, 3.63) is 24.3 Å². The predicted octanol–water partition coefficient (Wildman–Crippen LogP) is 11.5. The Morgan fingerprint density at radius 3 is 1.43 bits per heavy atom. The summed E-state index contributed by atoms with van der Waals surface area (Å²) in [6.07, 6.45) is 43.3. The number of aliphatic hydroxyl groups is 5. The Morgan fingerprint density at radius 1 is 0.567 bits per heavy atom. The van der Waals surface area contributed by atoms with Gasteiger partial charge in [-0.25, -0.2) is 0 Å². The fourth-order valence-electron chi connectivity index (χ4n) is 8.21. The second kappa shape index (κ2) is 41.7. The molecule has 1 heterocycles. The van der Waals surface area contributed by atoms with Crippen LogP contribution < -0.4 is 5.32 Å². The predicted molar refractivity (Wildman–Crippen MR) is 249 cm³/mol. The minimum absolute atomic E-state index is 0.141. The molecule has 7 unspecified atom stereocenters. The molecule has 0 aromatic heterocycles. The number of unbranched alkanes of at least 4 members (excludes halogenated alkanes) is 30. The van der Waals surface area contributed by atoms with Crippen molar-refractivity contribution in [3.63, 3.8) is 0 Å². The molecule has 0 aromatic carbocycles. The number of hydrogen-bond acceptors (Lipinski definition) is 8. The van der Waals surface area contributed by atoms with Crippen molar-refractivity contribution in [2.75, 3.05) is 13.2 Å². The largest absolute Gasteiger partial charge is 0.394 e. The van der Waals surface area contributed by atoms with Crippen molar-refractivity contribution in [2.24, 2.45) is 0 Å². The Balaban J connectivity index is 2.26. The molecule has 0 saturated carbocycles. The van der Waals surface area contributed by atoms with Gasteiger partial charge < -0.3 is 40.3 Å². The van der Waals surface area contributed by atoms with Gasteiger partial charge in [0, 0.05) is 6.42 Å². The van der Waals surface area contributed by atoms with Gasteiger partial charge in [-0.2, -0.15) is 0 Å². The third-order valence-electron chi connectivity index (χ3n) is 12.3. The minimum Gasteiger partial charge on any atom is -0.394 e.